The fraction of sp³-hybridized carbons (Fsp3) is 1.00. The van der Waals surface area contributed by atoms with Gasteiger partial charge in [-0.25, -0.2) is 0 Å². The van der Waals surface area contributed by atoms with Gasteiger partial charge >= 0.3 is 12.2 Å². The van der Waals surface area contributed by atoms with E-state index in [2.05, 4.69) is 4.74 Å². The number of nitroso groups, excluding NO2 is 1. The van der Waals surface area contributed by atoms with Crippen LogP contribution in [0.5, 0.6) is 0 Å². The largest absolute Gasteiger partial charge is 0.457 e. The smallest absolute Gasteiger partial charge is 0.366 e. The number of nitrogens with two attached hydrogens (primary N) is 1. The Hall–Kier alpha value is -0.730. The minimum Gasteiger partial charge on any atom is -0.366 e. The summed E-state index contributed by atoms with van der Waals surface area (Å²) in [6.07, 6.45) is -6.63. The predicted octanol–water partition coefficient (Wildman–Crippen LogP) is 0.00820. The fourth-order valence-electron chi connectivity index (χ4n) is 1.10. The molecule has 0 aromatic heterocycles. The van der Waals surface area contributed by atoms with E-state index in [-0.39, 0.29) is 11.4 Å². The van der Waals surface area contributed by atoms with Gasteiger partial charge in [-0.05, 0) is 6.92 Å². The second kappa shape index (κ2) is 5.38. The van der Waals surface area contributed by atoms with E-state index >= 15 is 0 Å². The zero-order valence-electron chi connectivity index (χ0n) is 8.36. The van der Waals surface area contributed by atoms with Gasteiger partial charge in [-0.2, -0.15) is 13.2 Å². The molecule has 90 valence electrons. The highest BCUT2D eigenvalue weighted by Crippen LogP contribution is 2.25. The quantitative estimate of drug-likeness (QED) is 0.516. The van der Waals surface area contributed by atoms with Crippen molar-refractivity contribution in [3.8, 4) is 0 Å². The molecule has 5 nitrogen and oxygen atoms in total. The van der Waals surface area contributed by atoms with Gasteiger partial charge in [0.1, 0.15) is 6.04 Å². The Kier molecular flexibility index (Phi) is 5.12. The number of hydrogen-bond donors (Lipinski definition) is 2. The maximum Gasteiger partial charge on any atom is 0.457 e. The van der Waals surface area contributed by atoms with Gasteiger partial charge < -0.3 is 15.6 Å². The van der Waals surface area contributed by atoms with Crippen molar-refractivity contribution in [3.05, 3.63) is 4.91 Å². The molecule has 0 saturated carbocycles. The summed E-state index contributed by atoms with van der Waals surface area (Å²) in [6.45, 7) is 1.49. The molecule has 15 heavy (non-hydrogen) atoms. The van der Waals surface area contributed by atoms with Crippen molar-refractivity contribution < 1.29 is 27.8 Å². The van der Waals surface area contributed by atoms with E-state index in [1.54, 1.807) is 0 Å². The zero-order valence-corrected chi connectivity index (χ0v) is 8.36. The van der Waals surface area contributed by atoms with Crippen LogP contribution in [-0.2, 0) is 4.74 Å². The maximum atomic E-state index is 12.3. The van der Waals surface area contributed by atoms with Crippen molar-refractivity contribution in [2.75, 3.05) is 13.7 Å². The first kappa shape index (κ1) is 14.3. The normalized spacial score (nSPS) is 18.3. The molecule has 3 unspecified atom stereocenters. The third-order valence-electron chi connectivity index (χ3n) is 1.76. The van der Waals surface area contributed by atoms with Crippen molar-refractivity contribution in [1.82, 2.24) is 0 Å². The number of hydrogen-bond acceptors (Lipinski definition) is 4. The summed E-state index contributed by atoms with van der Waals surface area (Å²) in [7, 11) is 0.691. The van der Waals surface area contributed by atoms with Crippen LogP contribution in [0.2, 0.25) is 0 Å². The summed E-state index contributed by atoms with van der Waals surface area (Å²) in [5.74, 6) is 0. The monoisotopic (exact) mass is 231 g/mol. The molecule has 0 aromatic rings. The molecule has 0 aliphatic heterocycles. The highest BCUT2D eigenvalue weighted by Gasteiger charge is 2.55. The number of ether oxygens (including phenoxy) is 1. The molecule has 0 spiro atoms. The van der Waals surface area contributed by atoms with Crippen LogP contribution in [0.1, 0.15) is 6.92 Å². The summed E-state index contributed by atoms with van der Waals surface area (Å²) in [6, 6.07) is -4.33. The Balaban J connectivity index is 4.71. The third kappa shape index (κ3) is 4.10. The maximum absolute atomic E-state index is 12.3. The molecule has 0 radical (unpaired) electrons. The summed E-state index contributed by atoms with van der Waals surface area (Å²) in [5, 5.41) is 9.09. The van der Waals surface area contributed by atoms with E-state index in [1.807, 2.05) is 0 Å². The molecule has 0 rings (SSSR count). The van der Waals surface area contributed by atoms with E-state index in [1.165, 1.54) is 6.92 Å². The van der Waals surface area contributed by atoms with Crippen molar-refractivity contribution in [2.45, 2.75) is 31.5 Å². The molecule has 0 saturated heterocycles. The number of likely N-dealkylation sites (N-methyl/N-ethyl adjacent to an activating group) is 1. The van der Waals surface area contributed by atoms with Crippen LogP contribution in [0.25, 0.3) is 0 Å². The SMILES string of the molecule is CCOC(O)C(N)C([N+](C)=O)C(F)(F)F. The van der Waals surface area contributed by atoms with Crippen molar-refractivity contribution in [1.29, 1.82) is 0 Å². The Morgan fingerprint density at radius 2 is 2.00 bits per heavy atom. The van der Waals surface area contributed by atoms with Crippen molar-refractivity contribution >= 4 is 0 Å². The van der Waals surface area contributed by atoms with Gasteiger partial charge in [0.05, 0.1) is 0 Å². The number of rotatable bonds is 5. The van der Waals surface area contributed by atoms with Crippen LogP contribution < -0.4 is 5.73 Å². The second-order valence-corrected chi connectivity index (χ2v) is 2.96. The summed E-state index contributed by atoms with van der Waals surface area (Å²) in [4.78, 5) is 10.7. The lowest BCUT2D eigenvalue weighted by Crippen LogP contribution is -2.56. The molecule has 3 N–H and O–H groups in total. The lowest BCUT2D eigenvalue weighted by atomic mass is 10.1. The standard InChI is InChI=1S/C7H14F3N2O3/c1-3-15-6(13)4(11)5(12(2)14)7(8,9)10/h4-6,13H,3,11H2,1-2H3/q+1. The van der Waals surface area contributed by atoms with Crippen LogP contribution in [0, 0.1) is 4.91 Å². The average Bonchev–Trinajstić information content (AvgIpc) is 2.00. The van der Waals surface area contributed by atoms with Gasteiger partial charge in [0.25, 0.3) is 0 Å². The van der Waals surface area contributed by atoms with Gasteiger partial charge in [-0.15, -0.1) is 0 Å². The van der Waals surface area contributed by atoms with Gasteiger partial charge in [-0.3, -0.25) is 0 Å². The highest BCUT2D eigenvalue weighted by atomic mass is 19.4. The number of nitrogens with zero attached hydrogens (tertiary/aromatic N) is 1. The summed E-state index contributed by atoms with van der Waals surface area (Å²) < 4.78 is 41.2. The molecule has 0 fully saturated rings. The fourth-order valence-corrected chi connectivity index (χ4v) is 1.10. The van der Waals surface area contributed by atoms with Crippen LogP contribution in [-0.4, -0.2) is 48.1 Å². The molecule has 0 bridgehead atoms. The van der Waals surface area contributed by atoms with Gasteiger partial charge in [0.15, 0.2) is 13.3 Å². The Morgan fingerprint density at radius 3 is 2.27 bits per heavy atom. The first-order valence-electron chi connectivity index (χ1n) is 4.23. The number of aliphatic hydroxyl groups is 1. The van der Waals surface area contributed by atoms with E-state index < -0.39 is 24.6 Å². The van der Waals surface area contributed by atoms with Gasteiger partial charge in [-0.1, -0.05) is 0 Å². The molecule has 0 aliphatic rings. The van der Waals surface area contributed by atoms with Crippen LogP contribution in [0.4, 0.5) is 13.2 Å². The molecule has 0 aliphatic carbocycles. The molecule has 8 heteroatoms. The predicted molar refractivity (Wildman–Crippen MR) is 45.0 cm³/mol. The van der Waals surface area contributed by atoms with Crippen LogP contribution in [0.3, 0.4) is 0 Å². The minimum atomic E-state index is -4.81. The lowest BCUT2D eigenvalue weighted by molar-refractivity contribution is -0.600. The average molecular weight is 231 g/mol. The first-order valence-corrected chi connectivity index (χ1v) is 4.23. The van der Waals surface area contributed by atoms with E-state index in [0.717, 1.165) is 0 Å². The molecule has 0 aromatic carbocycles. The van der Waals surface area contributed by atoms with Crippen LogP contribution >= 0.6 is 0 Å². The first-order chi connectivity index (χ1) is 6.71. The van der Waals surface area contributed by atoms with Gasteiger partial charge in [0.2, 0.25) is 0 Å². The highest BCUT2D eigenvalue weighted by molar-refractivity contribution is 4.80. The van der Waals surface area contributed by atoms with Gasteiger partial charge in [0, 0.05) is 16.3 Å². The number of aliphatic hydroxyl groups excluding tert-OH is 1. The van der Waals surface area contributed by atoms with Crippen molar-refractivity contribution in [3.63, 3.8) is 0 Å². The Bertz CT molecular complexity index is 222. The number of alkyl halides is 3. The molecule has 0 amide bonds. The van der Waals surface area contributed by atoms with E-state index in [4.69, 9.17) is 10.8 Å². The summed E-state index contributed by atoms with van der Waals surface area (Å²) in [5.41, 5.74) is 5.10. The molecular weight excluding hydrogens is 217 g/mol. The Labute approximate surface area is 84.6 Å². The molecular formula is C7H14F3N2O3+. The lowest BCUT2D eigenvalue weighted by Gasteiger charge is -2.22. The summed E-state index contributed by atoms with van der Waals surface area (Å²) >= 11 is 0. The minimum absolute atomic E-state index is 0.00200. The topological polar surface area (TPSA) is 75.6 Å². The van der Waals surface area contributed by atoms with Crippen LogP contribution in [0.15, 0.2) is 0 Å². The van der Waals surface area contributed by atoms with Crippen molar-refractivity contribution in [2.24, 2.45) is 5.73 Å². The molecule has 3 atom stereocenters. The van der Waals surface area contributed by atoms with E-state index in [0.29, 0.717) is 7.05 Å². The zero-order chi connectivity index (χ0) is 12.2. The molecule has 0 heterocycles. The second-order valence-electron chi connectivity index (χ2n) is 2.96. The Morgan fingerprint density at radius 1 is 1.53 bits per heavy atom. The van der Waals surface area contributed by atoms with E-state index in [9.17, 15) is 18.1 Å². The number of halogens is 3. The third-order valence-corrected chi connectivity index (χ3v) is 1.76.